The van der Waals surface area contributed by atoms with Gasteiger partial charge in [0.05, 0.1) is 23.3 Å². The van der Waals surface area contributed by atoms with Gasteiger partial charge in [-0.1, -0.05) is 12.1 Å². The molecule has 0 spiro atoms. The average Bonchev–Trinajstić information content (AvgIpc) is 2.67. The predicted molar refractivity (Wildman–Crippen MR) is 104 cm³/mol. The smallest absolute Gasteiger partial charge is 0.298 e. The van der Waals surface area contributed by atoms with Crippen LogP contribution in [-0.2, 0) is 15.2 Å². The molecular weight excluding hydrogens is 404 g/mol. The molecule has 0 unspecified atom stereocenters. The lowest BCUT2D eigenvalue weighted by Crippen LogP contribution is -2.23. The SMILES string of the molecule is COCC(F)(F)c1cccc([C@@H](C)Nc2nc(C)nc3cnc(P=O)cc23)c1F. The first-order chi connectivity index (χ1) is 13.8. The molecule has 0 aliphatic carbocycles. The average molecular weight is 422 g/mol. The molecule has 0 saturated carbocycles. The fraction of sp³-hybridized carbons (Fsp3) is 0.316. The van der Waals surface area contributed by atoms with Crippen LogP contribution >= 0.6 is 8.46 Å². The molecule has 0 bridgehead atoms. The summed E-state index contributed by atoms with van der Waals surface area (Å²) in [5.74, 6) is -3.66. The molecule has 3 rings (SSSR count). The molecule has 0 radical (unpaired) electrons. The van der Waals surface area contributed by atoms with Crippen molar-refractivity contribution < 1.29 is 22.5 Å². The Hall–Kier alpha value is -2.64. The summed E-state index contributed by atoms with van der Waals surface area (Å²) in [6, 6.07) is 4.71. The van der Waals surface area contributed by atoms with Crippen LogP contribution in [0, 0.1) is 12.7 Å². The monoisotopic (exact) mass is 422 g/mol. The zero-order chi connectivity index (χ0) is 21.2. The van der Waals surface area contributed by atoms with Crippen LogP contribution < -0.4 is 10.8 Å². The van der Waals surface area contributed by atoms with Crippen LogP contribution in [0.5, 0.6) is 0 Å². The maximum Gasteiger partial charge on any atom is 0.298 e. The third-order valence-corrected chi connectivity index (χ3v) is 4.77. The molecule has 1 aromatic carbocycles. The topological polar surface area (TPSA) is 77.0 Å². The second-order valence-corrected chi connectivity index (χ2v) is 7.12. The highest BCUT2D eigenvalue weighted by Crippen LogP contribution is 2.34. The first kappa shape index (κ1) is 21.1. The van der Waals surface area contributed by atoms with Crippen LogP contribution in [-0.4, -0.2) is 28.7 Å². The molecule has 10 heteroatoms. The second-order valence-electron chi connectivity index (χ2n) is 6.48. The largest absolute Gasteiger partial charge is 0.378 e. The van der Waals surface area contributed by atoms with E-state index in [2.05, 4.69) is 25.0 Å². The van der Waals surface area contributed by atoms with E-state index in [-0.39, 0.29) is 19.5 Å². The van der Waals surface area contributed by atoms with Gasteiger partial charge in [-0.05, 0) is 26.0 Å². The van der Waals surface area contributed by atoms with Crippen molar-refractivity contribution in [1.82, 2.24) is 15.0 Å². The van der Waals surface area contributed by atoms with Crippen LogP contribution in [0.1, 0.15) is 29.9 Å². The van der Waals surface area contributed by atoms with E-state index in [9.17, 15) is 17.7 Å². The Balaban J connectivity index is 2.01. The van der Waals surface area contributed by atoms with Gasteiger partial charge in [0.1, 0.15) is 29.5 Å². The van der Waals surface area contributed by atoms with Gasteiger partial charge in [0.25, 0.3) is 5.92 Å². The minimum Gasteiger partial charge on any atom is -0.378 e. The van der Waals surface area contributed by atoms with E-state index in [1.165, 1.54) is 18.3 Å². The van der Waals surface area contributed by atoms with E-state index in [0.717, 1.165) is 13.2 Å². The highest BCUT2D eigenvalue weighted by Gasteiger charge is 2.36. The fourth-order valence-corrected chi connectivity index (χ4v) is 3.29. The van der Waals surface area contributed by atoms with Crippen molar-refractivity contribution in [3.8, 4) is 0 Å². The van der Waals surface area contributed by atoms with E-state index in [1.807, 2.05) is 0 Å². The first-order valence-electron chi connectivity index (χ1n) is 8.66. The molecule has 3 aromatic rings. The van der Waals surface area contributed by atoms with Crippen molar-refractivity contribution in [2.75, 3.05) is 19.0 Å². The number of nitrogens with one attached hydrogen (secondary N) is 1. The lowest BCUT2D eigenvalue weighted by Gasteiger charge is -2.21. The summed E-state index contributed by atoms with van der Waals surface area (Å²) < 4.78 is 58.9. The molecule has 29 heavy (non-hydrogen) atoms. The van der Waals surface area contributed by atoms with Crippen LogP contribution in [0.15, 0.2) is 30.5 Å². The van der Waals surface area contributed by atoms with Crippen molar-refractivity contribution in [3.63, 3.8) is 0 Å². The molecule has 6 nitrogen and oxygen atoms in total. The Kier molecular flexibility index (Phi) is 6.10. The number of hydrogen-bond donors (Lipinski definition) is 1. The van der Waals surface area contributed by atoms with E-state index in [1.54, 1.807) is 19.9 Å². The van der Waals surface area contributed by atoms with Gasteiger partial charge in [-0.25, -0.2) is 19.3 Å². The Morgan fingerprint density at radius 1 is 1.31 bits per heavy atom. The Morgan fingerprint density at radius 2 is 2.07 bits per heavy atom. The molecular formula is C19H18F3N4O2P. The van der Waals surface area contributed by atoms with Crippen molar-refractivity contribution in [3.05, 3.63) is 53.2 Å². The maximum absolute atomic E-state index is 14.9. The number of alkyl halides is 2. The Bertz CT molecular complexity index is 1070. The zero-order valence-electron chi connectivity index (χ0n) is 15.9. The van der Waals surface area contributed by atoms with Gasteiger partial charge < -0.3 is 10.1 Å². The molecule has 0 amide bonds. The number of fused-ring (bicyclic) bond motifs is 1. The van der Waals surface area contributed by atoms with Crippen LogP contribution in [0.2, 0.25) is 0 Å². The summed E-state index contributed by atoms with van der Waals surface area (Å²) >= 11 is 0. The molecule has 2 heterocycles. The molecule has 0 fully saturated rings. The van der Waals surface area contributed by atoms with Gasteiger partial charge in [-0.2, -0.15) is 8.78 Å². The highest BCUT2D eigenvalue weighted by molar-refractivity contribution is 7.33. The first-order valence-corrected chi connectivity index (χ1v) is 9.48. The molecule has 1 atom stereocenters. The zero-order valence-corrected chi connectivity index (χ0v) is 16.8. The van der Waals surface area contributed by atoms with Gasteiger partial charge in [0.2, 0.25) is 8.46 Å². The quantitative estimate of drug-likeness (QED) is 0.572. The van der Waals surface area contributed by atoms with Gasteiger partial charge >= 0.3 is 0 Å². The number of ether oxygens (including phenoxy) is 1. The third kappa shape index (κ3) is 4.36. The highest BCUT2D eigenvalue weighted by atomic mass is 31.1. The maximum atomic E-state index is 14.9. The molecule has 152 valence electrons. The van der Waals surface area contributed by atoms with E-state index >= 15 is 0 Å². The summed E-state index contributed by atoms with van der Waals surface area (Å²) in [5, 5.41) is 3.58. The van der Waals surface area contributed by atoms with Gasteiger partial charge in [-0.15, -0.1) is 0 Å². The number of benzene rings is 1. The van der Waals surface area contributed by atoms with Gasteiger partial charge in [-0.3, -0.25) is 4.57 Å². The summed E-state index contributed by atoms with van der Waals surface area (Å²) in [4.78, 5) is 12.6. The third-order valence-electron chi connectivity index (χ3n) is 4.34. The van der Waals surface area contributed by atoms with Crippen molar-refractivity contribution >= 4 is 30.6 Å². The predicted octanol–water partition coefficient (Wildman–Crippen LogP) is 4.30. The van der Waals surface area contributed by atoms with Crippen LogP contribution in [0.3, 0.4) is 0 Å². The van der Waals surface area contributed by atoms with Crippen molar-refractivity contribution in [2.45, 2.75) is 25.8 Å². The van der Waals surface area contributed by atoms with Crippen molar-refractivity contribution in [2.24, 2.45) is 0 Å². The van der Waals surface area contributed by atoms with E-state index in [0.29, 0.717) is 22.5 Å². The lowest BCUT2D eigenvalue weighted by atomic mass is 10.00. The lowest BCUT2D eigenvalue weighted by molar-refractivity contribution is -0.0722. The molecule has 0 aliphatic rings. The molecule has 1 N–H and O–H groups in total. The number of halogens is 3. The minimum absolute atomic E-state index is 0.0546. The Labute approximate surface area is 166 Å². The van der Waals surface area contributed by atoms with Gasteiger partial charge in [0, 0.05) is 18.1 Å². The van der Waals surface area contributed by atoms with Crippen LogP contribution in [0.25, 0.3) is 10.9 Å². The van der Waals surface area contributed by atoms with E-state index < -0.39 is 30.0 Å². The van der Waals surface area contributed by atoms with Crippen LogP contribution in [0.4, 0.5) is 19.0 Å². The molecule has 0 aliphatic heterocycles. The fourth-order valence-electron chi connectivity index (χ4n) is 3.01. The number of aromatic nitrogens is 3. The summed E-state index contributed by atoms with van der Waals surface area (Å²) in [5.41, 5.74) is 0.123. The van der Waals surface area contributed by atoms with Gasteiger partial charge in [0.15, 0.2) is 0 Å². The van der Waals surface area contributed by atoms with E-state index in [4.69, 9.17) is 0 Å². The summed E-state index contributed by atoms with van der Waals surface area (Å²) in [6.07, 6.45) is 1.46. The summed E-state index contributed by atoms with van der Waals surface area (Å²) in [7, 11) is 0.867. The number of aryl methyl sites for hydroxylation is 1. The normalized spacial score (nSPS) is 13.0. The number of hydrogen-bond acceptors (Lipinski definition) is 6. The molecule has 2 aromatic heterocycles. The minimum atomic E-state index is -3.46. The number of anilines is 1. The number of pyridine rings is 1. The number of nitrogens with zero attached hydrogens (tertiary/aromatic N) is 3. The second kappa shape index (κ2) is 8.39. The number of methoxy groups -OCH3 is 1. The summed E-state index contributed by atoms with van der Waals surface area (Å²) in [6.45, 7) is 2.39. The number of rotatable bonds is 7. The standard InChI is InChI=1S/C19H18F3N4O2P/c1-10(12-5-4-6-14(17(12)20)19(21,22)9-28-3)24-18-13-7-16(29-27)23-8-15(13)25-11(2)26-18/h4-8,10H,9H2,1-3H3,(H,24,25,26)/t10-/m1/s1. The Morgan fingerprint density at radius 3 is 2.76 bits per heavy atom. The van der Waals surface area contributed by atoms with Crippen molar-refractivity contribution in [1.29, 1.82) is 0 Å². The molecule has 0 saturated heterocycles.